The van der Waals surface area contributed by atoms with Crippen molar-refractivity contribution in [3.05, 3.63) is 59.0 Å². The van der Waals surface area contributed by atoms with Gasteiger partial charge in [-0.3, -0.25) is 4.79 Å². The number of hydrogen-bond donors (Lipinski definition) is 2. The molecule has 0 aliphatic carbocycles. The zero-order chi connectivity index (χ0) is 18.5. The van der Waals surface area contributed by atoms with E-state index in [9.17, 15) is 4.79 Å². The SMILES string of the molecule is CSc1ncc(CNC(=O)CCc2ccc(-c3ccc(Cl)cc3)[nH]2)n1C. The summed E-state index contributed by atoms with van der Waals surface area (Å²) in [5.41, 5.74) is 4.13. The Labute approximate surface area is 162 Å². The van der Waals surface area contributed by atoms with E-state index in [1.54, 1.807) is 18.0 Å². The minimum absolute atomic E-state index is 0.0274. The van der Waals surface area contributed by atoms with Gasteiger partial charge in [-0.1, -0.05) is 35.5 Å². The summed E-state index contributed by atoms with van der Waals surface area (Å²) < 4.78 is 1.99. The van der Waals surface area contributed by atoms with Crippen molar-refractivity contribution in [3.8, 4) is 11.3 Å². The van der Waals surface area contributed by atoms with Crippen LogP contribution in [0, 0.1) is 0 Å². The van der Waals surface area contributed by atoms with Crippen molar-refractivity contribution in [2.75, 3.05) is 6.26 Å². The fourth-order valence-electron chi connectivity index (χ4n) is 2.69. The molecule has 2 aromatic heterocycles. The predicted octanol–water partition coefficient (Wildman–Crippen LogP) is 4.04. The highest BCUT2D eigenvalue weighted by molar-refractivity contribution is 7.98. The first-order valence-electron chi connectivity index (χ1n) is 8.32. The third-order valence-electron chi connectivity index (χ3n) is 4.21. The summed E-state index contributed by atoms with van der Waals surface area (Å²) in [5, 5.41) is 4.61. The van der Waals surface area contributed by atoms with Gasteiger partial charge in [-0.2, -0.15) is 0 Å². The molecule has 0 fully saturated rings. The van der Waals surface area contributed by atoms with Crippen LogP contribution in [0.2, 0.25) is 5.02 Å². The second kappa shape index (κ2) is 8.47. The van der Waals surface area contributed by atoms with E-state index in [-0.39, 0.29) is 5.91 Å². The van der Waals surface area contributed by atoms with E-state index in [0.717, 1.165) is 32.8 Å². The number of rotatable bonds is 7. The van der Waals surface area contributed by atoms with Crippen LogP contribution in [-0.4, -0.2) is 26.7 Å². The Morgan fingerprint density at radius 3 is 2.73 bits per heavy atom. The average molecular weight is 389 g/mol. The number of aryl methyl sites for hydroxylation is 1. The molecule has 0 saturated carbocycles. The lowest BCUT2D eigenvalue weighted by Gasteiger charge is -2.06. The lowest BCUT2D eigenvalue weighted by molar-refractivity contribution is -0.121. The molecule has 0 atom stereocenters. The smallest absolute Gasteiger partial charge is 0.220 e. The van der Waals surface area contributed by atoms with E-state index in [2.05, 4.69) is 15.3 Å². The van der Waals surface area contributed by atoms with Gasteiger partial charge in [0.2, 0.25) is 5.91 Å². The molecule has 2 N–H and O–H groups in total. The molecule has 136 valence electrons. The molecule has 7 heteroatoms. The van der Waals surface area contributed by atoms with E-state index in [0.29, 0.717) is 19.4 Å². The van der Waals surface area contributed by atoms with Crippen molar-refractivity contribution in [1.29, 1.82) is 0 Å². The largest absolute Gasteiger partial charge is 0.358 e. The number of aromatic amines is 1. The number of nitrogens with zero attached hydrogens (tertiary/aromatic N) is 2. The number of aromatic nitrogens is 3. The minimum atomic E-state index is 0.0274. The van der Waals surface area contributed by atoms with Crippen LogP contribution >= 0.6 is 23.4 Å². The van der Waals surface area contributed by atoms with Crippen molar-refractivity contribution < 1.29 is 4.79 Å². The molecule has 5 nitrogen and oxygen atoms in total. The van der Waals surface area contributed by atoms with Crippen LogP contribution in [0.1, 0.15) is 17.8 Å². The van der Waals surface area contributed by atoms with E-state index >= 15 is 0 Å². The van der Waals surface area contributed by atoms with Crippen molar-refractivity contribution in [2.45, 2.75) is 24.5 Å². The monoisotopic (exact) mass is 388 g/mol. The zero-order valence-electron chi connectivity index (χ0n) is 14.8. The third kappa shape index (κ3) is 4.51. The van der Waals surface area contributed by atoms with E-state index in [1.165, 1.54) is 0 Å². The molecule has 0 unspecified atom stereocenters. The van der Waals surface area contributed by atoms with Gasteiger partial charge < -0.3 is 14.9 Å². The molecule has 0 aliphatic rings. The summed E-state index contributed by atoms with van der Waals surface area (Å²) in [6.07, 6.45) is 4.89. The molecule has 0 spiro atoms. The normalized spacial score (nSPS) is 10.9. The quantitative estimate of drug-likeness (QED) is 0.600. The highest BCUT2D eigenvalue weighted by atomic mass is 35.5. The second-order valence-electron chi connectivity index (χ2n) is 5.98. The molecule has 0 radical (unpaired) electrons. The van der Waals surface area contributed by atoms with Crippen LogP contribution in [0.5, 0.6) is 0 Å². The maximum atomic E-state index is 12.1. The first kappa shape index (κ1) is 18.6. The average Bonchev–Trinajstić information content (AvgIpc) is 3.25. The molecule has 1 aromatic carbocycles. The summed E-state index contributed by atoms with van der Waals surface area (Å²) >= 11 is 7.51. The van der Waals surface area contributed by atoms with Gasteiger partial charge in [0, 0.05) is 29.9 Å². The predicted molar refractivity (Wildman–Crippen MR) is 106 cm³/mol. The second-order valence-corrected chi connectivity index (χ2v) is 7.19. The standard InChI is InChI=1S/C19H21ClN4OS/c1-24-16(12-22-19(24)26-2)11-21-18(25)10-8-15-7-9-17(23-15)13-3-5-14(20)6-4-13/h3-7,9,12,23H,8,10-11H2,1-2H3,(H,21,25). The van der Waals surface area contributed by atoms with Gasteiger partial charge in [0.05, 0.1) is 18.4 Å². The van der Waals surface area contributed by atoms with Crippen molar-refractivity contribution >= 4 is 29.3 Å². The first-order valence-corrected chi connectivity index (χ1v) is 9.92. The number of halogens is 1. The Morgan fingerprint density at radius 1 is 1.27 bits per heavy atom. The lowest BCUT2D eigenvalue weighted by atomic mass is 10.2. The summed E-state index contributed by atoms with van der Waals surface area (Å²) in [5.74, 6) is 0.0274. The number of imidazole rings is 1. The number of carbonyl (C=O) groups is 1. The lowest BCUT2D eigenvalue weighted by Crippen LogP contribution is -2.24. The van der Waals surface area contributed by atoms with Crippen LogP contribution in [0.15, 0.2) is 47.8 Å². The maximum absolute atomic E-state index is 12.1. The fraction of sp³-hybridized carbons (Fsp3) is 0.263. The summed E-state index contributed by atoms with van der Waals surface area (Å²) in [6.45, 7) is 0.490. The molecule has 0 bridgehead atoms. The first-order chi connectivity index (χ1) is 12.6. The fourth-order valence-corrected chi connectivity index (χ4v) is 3.36. The summed E-state index contributed by atoms with van der Waals surface area (Å²) in [4.78, 5) is 19.8. The molecular weight excluding hydrogens is 368 g/mol. The Balaban J connectivity index is 1.50. The zero-order valence-corrected chi connectivity index (χ0v) is 16.3. The molecule has 0 saturated heterocycles. The molecule has 0 aliphatic heterocycles. The maximum Gasteiger partial charge on any atom is 0.220 e. The number of H-pyrrole nitrogens is 1. The summed E-state index contributed by atoms with van der Waals surface area (Å²) in [6, 6.07) is 11.7. The minimum Gasteiger partial charge on any atom is -0.358 e. The molecule has 3 aromatic rings. The van der Waals surface area contributed by atoms with Gasteiger partial charge in [-0.05, 0) is 42.5 Å². The van der Waals surface area contributed by atoms with Crippen LogP contribution in [0.3, 0.4) is 0 Å². The Kier molecular flexibility index (Phi) is 6.06. The van der Waals surface area contributed by atoms with Crippen LogP contribution in [0.4, 0.5) is 0 Å². The highest BCUT2D eigenvalue weighted by Crippen LogP contribution is 2.21. The number of hydrogen-bond acceptors (Lipinski definition) is 3. The highest BCUT2D eigenvalue weighted by Gasteiger charge is 2.08. The van der Waals surface area contributed by atoms with Crippen LogP contribution in [-0.2, 0) is 24.8 Å². The number of thioether (sulfide) groups is 1. The molecular formula is C19H21ClN4OS. The van der Waals surface area contributed by atoms with E-state index < -0.39 is 0 Å². The molecule has 3 rings (SSSR count). The van der Waals surface area contributed by atoms with E-state index in [4.69, 9.17) is 11.6 Å². The number of benzene rings is 1. The number of nitrogens with one attached hydrogen (secondary N) is 2. The third-order valence-corrected chi connectivity index (χ3v) is 5.21. The van der Waals surface area contributed by atoms with E-state index in [1.807, 2.05) is 54.3 Å². The Morgan fingerprint density at radius 2 is 2.04 bits per heavy atom. The van der Waals surface area contributed by atoms with Gasteiger partial charge in [0.1, 0.15) is 0 Å². The van der Waals surface area contributed by atoms with Gasteiger partial charge in [-0.25, -0.2) is 4.98 Å². The van der Waals surface area contributed by atoms with Gasteiger partial charge in [0.15, 0.2) is 5.16 Å². The molecule has 1 amide bonds. The number of amides is 1. The van der Waals surface area contributed by atoms with Crippen molar-refractivity contribution in [1.82, 2.24) is 19.9 Å². The Bertz CT molecular complexity index is 885. The van der Waals surface area contributed by atoms with Gasteiger partial charge >= 0.3 is 0 Å². The number of carbonyl (C=O) groups excluding carboxylic acids is 1. The van der Waals surface area contributed by atoms with Crippen LogP contribution in [0.25, 0.3) is 11.3 Å². The molecule has 2 heterocycles. The van der Waals surface area contributed by atoms with Crippen molar-refractivity contribution in [3.63, 3.8) is 0 Å². The van der Waals surface area contributed by atoms with Crippen LogP contribution < -0.4 is 5.32 Å². The topological polar surface area (TPSA) is 62.7 Å². The van der Waals surface area contributed by atoms with Crippen molar-refractivity contribution in [2.24, 2.45) is 7.05 Å². The Hall–Kier alpha value is -2.18. The van der Waals surface area contributed by atoms with Gasteiger partial charge in [-0.15, -0.1) is 0 Å². The van der Waals surface area contributed by atoms with Gasteiger partial charge in [0.25, 0.3) is 0 Å². The molecule has 26 heavy (non-hydrogen) atoms. The summed E-state index contributed by atoms with van der Waals surface area (Å²) in [7, 11) is 1.96.